The van der Waals surface area contributed by atoms with Crippen molar-refractivity contribution in [3.63, 3.8) is 0 Å². The first-order valence-corrected chi connectivity index (χ1v) is 16.7. The molecule has 0 bridgehead atoms. The number of hydrogen-bond acceptors (Lipinski definition) is 5. The summed E-state index contributed by atoms with van der Waals surface area (Å²) in [5.41, 5.74) is 1.98. The van der Waals surface area contributed by atoms with Crippen LogP contribution in [-0.2, 0) is 32.6 Å². The van der Waals surface area contributed by atoms with Gasteiger partial charge in [-0.15, -0.1) is 0 Å². The second kappa shape index (κ2) is 16.0. The quantitative estimate of drug-likeness (QED) is 0.215. The van der Waals surface area contributed by atoms with Gasteiger partial charge < -0.3 is 15.0 Å². The van der Waals surface area contributed by atoms with Crippen LogP contribution in [0, 0.1) is 0 Å². The molecule has 0 saturated carbocycles. The highest BCUT2D eigenvalue weighted by atomic mass is 35.5. The number of methoxy groups -OCH3 is 1. The van der Waals surface area contributed by atoms with Gasteiger partial charge >= 0.3 is 0 Å². The van der Waals surface area contributed by atoms with Gasteiger partial charge in [-0.1, -0.05) is 72.6 Å². The van der Waals surface area contributed by atoms with Crippen molar-refractivity contribution in [2.75, 3.05) is 24.2 Å². The van der Waals surface area contributed by atoms with E-state index in [4.69, 9.17) is 27.9 Å². The molecule has 0 spiro atoms. The Morgan fingerprint density at radius 1 is 1.00 bits per heavy atom. The highest BCUT2D eigenvalue weighted by Crippen LogP contribution is 2.26. The smallest absolute Gasteiger partial charge is 0.243 e. The van der Waals surface area contributed by atoms with Gasteiger partial charge in [-0.3, -0.25) is 13.9 Å². The van der Waals surface area contributed by atoms with E-state index in [0.717, 1.165) is 18.2 Å². The summed E-state index contributed by atoms with van der Waals surface area (Å²) in [6, 6.07) is 20.4. The van der Waals surface area contributed by atoms with Crippen LogP contribution >= 0.6 is 23.2 Å². The summed E-state index contributed by atoms with van der Waals surface area (Å²) in [6.45, 7) is 4.03. The fourth-order valence-electron chi connectivity index (χ4n) is 4.60. The minimum Gasteiger partial charge on any atom is -0.497 e. The van der Waals surface area contributed by atoms with E-state index in [-0.39, 0.29) is 43.8 Å². The molecule has 2 unspecified atom stereocenters. The lowest BCUT2D eigenvalue weighted by molar-refractivity contribution is -0.141. The maximum Gasteiger partial charge on any atom is 0.243 e. The number of hydrogen-bond donors (Lipinski definition) is 1. The molecule has 0 saturated heterocycles. The van der Waals surface area contributed by atoms with E-state index >= 15 is 0 Å². The van der Waals surface area contributed by atoms with Crippen LogP contribution in [0.3, 0.4) is 0 Å². The molecule has 0 radical (unpaired) electrons. The van der Waals surface area contributed by atoms with Gasteiger partial charge in [0.1, 0.15) is 11.8 Å². The third-order valence-electron chi connectivity index (χ3n) is 7.12. The molecule has 0 aromatic heterocycles. The number of carbonyl (C=O) groups is 2. The minimum absolute atomic E-state index is 0.00307. The van der Waals surface area contributed by atoms with E-state index in [9.17, 15) is 18.0 Å². The second-order valence-electron chi connectivity index (χ2n) is 10.4. The number of carbonyl (C=O) groups excluding carboxylic acids is 2. The Morgan fingerprint density at radius 3 is 2.35 bits per heavy atom. The molecule has 3 aromatic carbocycles. The normalized spacial score (nSPS) is 12.7. The monoisotopic (exact) mass is 647 g/mol. The molecule has 3 aromatic rings. The van der Waals surface area contributed by atoms with E-state index in [2.05, 4.69) is 5.32 Å². The van der Waals surface area contributed by atoms with Crippen LogP contribution in [0.1, 0.15) is 44.2 Å². The third kappa shape index (κ3) is 10.2. The van der Waals surface area contributed by atoms with Crippen molar-refractivity contribution in [3.05, 3.63) is 94.0 Å². The van der Waals surface area contributed by atoms with Crippen LogP contribution in [0.25, 0.3) is 0 Å². The molecule has 0 aliphatic rings. The Morgan fingerprint density at radius 2 is 1.72 bits per heavy atom. The van der Waals surface area contributed by atoms with Crippen molar-refractivity contribution in [3.8, 4) is 5.75 Å². The molecule has 3 rings (SSSR count). The van der Waals surface area contributed by atoms with E-state index in [1.54, 1.807) is 42.5 Å². The molecular formula is C32H39Cl2N3O5S. The lowest BCUT2D eigenvalue weighted by atomic mass is 10.0. The Labute approximate surface area is 265 Å². The number of anilines is 1. The van der Waals surface area contributed by atoms with Crippen molar-refractivity contribution in [1.29, 1.82) is 0 Å². The Kier molecular flexibility index (Phi) is 12.7. The minimum atomic E-state index is -3.65. The van der Waals surface area contributed by atoms with Crippen LogP contribution < -0.4 is 14.4 Å². The van der Waals surface area contributed by atoms with Crippen LogP contribution in [0.5, 0.6) is 5.75 Å². The zero-order valence-electron chi connectivity index (χ0n) is 24.9. The van der Waals surface area contributed by atoms with Gasteiger partial charge in [0.15, 0.2) is 0 Å². The largest absolute Gasteiger partial charge is 0.497 e. The average molecular weight is 649 g/mol. The van der Waals surface area contributed by atoms with Gasteiger partial charge in [0, 0.05) is 48.1 Å². The second-order valence-corrected chi connectivity index (χ2v) is 13.2. The zero-order valence-corrected chi connectivity index (χ0v) is 27.3. The van der Waals surface area contributed by atoms with Crippen LogP contribution in [0.15, 0.2) is 72.8 Å². The molecule has 8 nitrogen and oxygen atoms in total. The predicted molar refractivity (Wildman–Crippen MR) is 173 cm³/mol. The summed E-state index contributed by atoms with van der Waals surface area (Å²) < 4.78 is 31.9. The van der Waals surface area contributed by atoms with Gasteiger partial charge in [-0.05, 0) is 55.2 Å². The van der Waals surface area contributed by atoms with Gasteiger partial charge in [0.2, 0.25) is 21.8 Å². The third-order valence-corrected chi connectivity index (χ3v) is 8.90. The molecule has 0 aliphatic heterocycles. The topological polar surface area (TPSA) is 96.0 Å². The van der Waals surface area contributed by atoms with E-state index < -0.39 is 16.1 Å². The number of benzene rings is 3. The number of rotatable bonds is 15. The number of nitrogens with zero attached hydrogens (tertiary/aromatic N) is 2. The predicted octanol–water partition coefficient (Wildman–Crippen LogP) is 6.10. The Balaban J connectivity index is 1.92. The average Bonchev–Trinajstić information content (AvgIpc) is 2.97. The number of nitrogens with one attached hydrogen (secondary N) is 1. The maximum atomic E-state index is 14.0. The summed E-state index contributed by atoms with van der Waals surface area (Å²) in [5, 5.41) is 3.88. The summed E-state index contributed by atoms with van der Waals surface area (Å²) >= 11 is 12.6. The van der Waals surface area contributed by atoms with E-state index in [1.165, 1.54) is 16.3 Å². The number of ether oxygens (including phenoxy) is 1. The lowest BCUT2D eigenvalue weighted by Gasteiger charge is -2.33. The standard InChI is InChI=1S/C32H39Cl2N3O5S/c1-5-23(2)35-32(39)30(19-24-11-7-6-8-12-24)36(22-25-16-17-26(33)20-29(25)34)31(38)15-10-18-37(43(4,40)41)27-13-9-14-28(21-27)42-3/h6-9,11-14,16-17,20-21,23,30H,5,10,15,18-19,22H2,1-4H3,(H,35,39). The van der Waals surface area contributed by atoms with Crippen molar-refractivity contribution >= 4 is 50.7 Å². The van der Waals surface area contributed by atoms with Crippen molar-refractivity contribution < 1.29 is 22.7 Å². The first-order valence-electron chi connectivity index (χ1n) is 14.1. The number of amides is 2. The lowest BCUT2D eigenvalue weighted by Crippen LogP contribution is -2.52. The number of sulfonamides is 1. The molecule has 2 atom stereocenters. The molecule has 232 valence electrons. The maximum absolute atomic E-state index is 14.0. The highest BCUT2D eigenvalue weighted by Gasteiger charge is 2.31. The SMILES string of the molecule is CCC(C)NC(=O)C(Cc1ccccc1)N(Cc1ccc(Cl)cc1Cl)C(=O)CCCN(c1cccc(OC)c1)S(C)(=O)=O. The van der Waals surface area contributed by atoms with Crippen LogP contribution in [0.4, 0.5) is 5.69 Å². The van der Waals surface area contributed by atoms with Gasteiger partial charge in [0.05, 0.1) is 19.1 Å². The summed E-state index contributed by atoms with van der Waals surface area (Å²) in [6.07, 6.45) is 2.37. The molecule has 0 aliphatic carbocycles. The molecule has 1 N–H and O–H groups in total. The Bertz CT molecular complexity index is 1490. The summed E-state index contributed by atoms with van der Waals surface area (Å²) in [4.78, 5) is 29.2. The molecule has 2 amide bonds. The Hall–Kier alpha value is -3.27. The molecule has 43 heavy (non-hydrogen) atoms. The molecule has 0 fully saturated rings. The fourth-order valence-corrected chi connectivity index (χ4v) is 6.02. The fraction of sp³-hybridized carbons (Fsp3) is 0.375. The molecular weight excluding hydrogens is 609 g/mol. The molecule has 11 heteroatoms. The van der Waals surface area contributed by atoms with E-state index in [1.807, 2.05) is 44.2 Å². The number of halogens is 2. The highest BCUT2D eigenvalue weighted by molar-refractivity contribution is 7.92. The van der Waals surface area contributed by atoms with Crippen LogP contribution in [0.2, 0.25) is 10.0 Å². The first kappa shape index (κ1) is 34.2. The zero-order chi connectivity index (χ0) is 31.6. The van der Waals surface area contributed by atoms with E-state index in [0.29, 0.717) is 33.5 Å². The van der Waals surface area contributed by atoms with Crippen LogP contribution in [-0.4, -0.2) is 57.1 Å². The van der Waals surface area contributed by atoms with Gasteiger partial charge in [-0.25, -0.2) is 8.42 Å². The molecule has 0 heterocycles. The van der Waals surface area contributed by atoms with Crippen molar-refractivity contribution in [2.45, 2.75) is 58.2 Å². The van der Waals surface area contributed by atoms with Gasteiger partial charge in [0.25, 0.3) is 0 Å². The summed E-state index contributed by atoms with van der Waals surface area (Å²) in [7, 11) is -2.14. The summed E-state index contributed by atoms with van der Waals surface area (Å²) in [5.74, 6) is -0.0551. The first-order chi connectivity index (χ1) is 20.4. The van der Waals surface area contributed by atoms with Crippen molar-refractivity contribution in [2.24, 2.45) is 0 Å². The van der Waals surface area contributed by atoms with Crippen molar-refractivity contribution in [1.82, 2.24) is 10.2 Å². The van der Waals surface area contributed by atoms with Gasteiger partial charge in [-0.2, -0.15) is 0 Å².